The van der Waals surface area contributed by atoms with E-state index in [4.69, 9.17) is 4.74 Å². The number of pyridine rings is 1. The number of para-hydroxylation sites is 1. The molecular formula is C15H18N2O. The fourth-order valence-corrected chi connectivity index (χ4v) is 2.66. The fourth-order valence-electron chi connectivity index (χ4n) is 2.66. The van der Waals surface area contributed by atoms with Crippen molar-refractivity contribution in [3.8, 4) is 5.88 Å². The molecule has 0 saturated carbocycles. The molecule has 3 heteroatoms. The van der Waals surface area contributed by atoms with Crippen LogP contribution < -0.4 is 10.1 Å². The lowest BCUT2D eigenvalue weighted by atomic mass is 10.0. The number of hydrogen-bond acceptors (Lipinski definition) is 3. The van der Waals surface area contributed by atoms with E-state index in [1.807, 2.05) is 18.2 Å². The smallest absolute Gasteiger partial charge is 0.216 e. The van der Waals surface area contributed by atoms with Gasteiger partial charge in [-0.2, -0.15) is 0 Å². The van der Waals surface area contributed by atoms with E-state index >= 15 is 0 Å². The Kier molecular flexibility index (Phi) is 3.15. The highest BCUT2D eigenvalue weighted by Gasteiger charge is 2.17. The number of nitrogens with zero attached hydrogens (tertiary/aromatic N) is 1. The molecule has 0 radical (unpaired) electrons. The SMILES string of the molecule is COc1nc2ccccc2cc1CC1CCCN1. The summed E-state index contributed by atoms with van der Waals surface area (Å²) in [4.78, 5) is 4.59. The maximum Gasteiger partial charge on any atom is 0.216 e. The van der Waals surface area contributed by atoms with Crippen molar-refractivity contribution in [3.05, 3.63) is 35.9 Å². The van der Waals surface area contributed by atoms with Gasteiger partial charge in [0.1, 0.15) is 0 Å². The van der Waals surface area contributed by atoms with Crippen LogP contribution in [0.3, 0.4) is 0 Å². The van der Waals surface area contributed by atoms with Gasteiger partial charge in [0, 0.05) is 17.0 Å². The van der Waals surface area contributed by atoms with Crippen molar-refractivity contribution in [1.29, 1.82) is 0 Å². The first-order valence-corrected chi connectivity index (χ1v) is 6.53. The lowest BCUT2D eigenvalue weighted by Crippen LogP contribution is -2.24. The van der Waals surface area contributed by atoms with E-state index in [-0.39, 0.29) is 0 Å². The molecule has 3 nitrogen and oxygen atoms in total. The second-order valence-electron chi connectivity index (χ2n) is 4.85. The van der Waals surface area contributed by atoms with Crippen LogP contribution in [0.25, 0.3) is 10.9 Å². The maximum absolute atomic E-state index is 5.42. The van der Waals surface area contributed by atoms with Crippen LogP contribution >= 0.6 is 0 Å². The summed E-state index contributed by atoms with van der Waals surface area (Å²) < 4.78 is 5.42. The lowest BCUT2D eigenvalue weighted by Gasteiger charge is -2.13. The van der Waals surface area contributed by atoms with Gasteiger partial charge in [0.2, 0.25) is 5.88 Å². The molecule has 0 bridgehead atoms. The molecule has 3 rings (SSSR count). The molecule has 2 heterocycles. The summed E-state index contributed by atoms with van der Waals surface area (Å²) in [7, 11) is 1.70. The van der Waals surface area contributed by atoms with Crippen molar-refractivity contribution >= 4 is 10.9 Å². The first-order chi connectivity index (χ1) is 8.86. The van der Waals surface area contributed by atoms with E-state index in [1.54, 1.807) is 7.11 Å². The zero-order chi connectivity index (χ0) is 12.4. The molecule has 1 aromatic heterocycles. The Morgan fingerprint density at radius 3 is 3.06 bits per heavy atom. The van der Waals surface area contributed by atoms with Gasteiger partial charge in [0.15, 0.2) is 0 Å². The van der Waals surface area contributed by atoms with Gasteiger partial charge in [-0.05, 0) is 37.9 Å². The highest BCUT2D eigenvalue weighted by Crippen LogP contribution is 2.24. The Morgan fingerprint density at radius 1 is 1.39 bits per heavy atom. The quantitative estimate of drug-likeness (QED) is 0.898. The van der Waals surface area contributed by atoms with Gasteiger partial charge < -0.3 is 10.1 Å². The third kappa shape index (κ3) is 2.18. The molecule has 1 unspecified atom stereocenters. The van der Waals surface area contributed by atoms with E-state index in [0.29, 0.717) is 6.04 Å². The van der Waals surface area contributed by atoms with Gasteiger partial charge in [-0.25, -0.2) is 4.98 Å². The van der Waals surface area contributed by atoms with Crippen molar-refractivity contribution in [2.75, 3.05) is 13.7 Å². The molecule has 1 N–H and O–H groups in total. The topological polar surface area (TPSA) is 34.1 Å². The largest absolute Gasteiger partial charge is 0.481 e. The van der Waals surface area contributed by atoms with Crippen molar-refractivity contribution in [3.63, 3.8) is 0 Å². The van der Waals surface area contributed by atoms with Crippen LogP contribution in [0.5, 0.6) is 5.88 Å². The average molecular weight is 242 g/mol. The predicted octanol–water partition coefficient (Wildman–Crippen LogP) is 2.54. The van der Waals surface area contributed by atoms with Crippen molar-refractivity contribution < 1.29 is 4.74 Å². The lowest BCUT2D eigenvalue weighted by molar-refractivity contribution is 0.391. The predicted molar refractivity (Wildman–Crippen MR) is 73.0 cm³/mol. The van der Waals surface area contributed by atoms with Gasteiger partial charge in [-0.15, -0.1) is 0 Å². The van der Waals surface area contributed by atoms with Gasteiger partial charge in [-0.1, -0.05) is 18.2 Å². The summed E-state index contributed by atoms with van der Waals surface area (Å²) >= 11 is 0. The fraction of sp³-hybridized carbons (Fsp3) is 0.400. The minimum absolute atomic E-state index is 0.571. The Bertz CT molecular complexity index is 547. The zero-order valence-corrected chi connectivity index (χ0v) is 10.6. The maximum atomic E-state index is 5.42. The number of methoxy groups -OCH3 is 1. The summed E-state index contributed by atoms with van der Waals surface area (Å²) in [6, 6.07) is 11.0. The first-order valence-electron chi connectivity index (χ1n) is 6.53. The molecule has 0 aliphatic carbocycles. The number of ether oxygens (including phenoxy) is 1. The standard InChI is InChI=1S/C15H18N2O/c1-18-15-12(10-13-6-4-8-16-13)9-11-5-2-3-7-14(11)17-15/h2-3,5,7,9,13,16H,4,6,8,10H2,1H3. The molecule has 0 amide bonds. The van der Waals surface area contributed by atoms with Crippen LogP contribution in [-0.4, -0.2) is 24.7 Å². The molecule has 94 valence electrons. The van der Waals surface area contributed by atoms with E-state index in [1.165, 1.54) is 23.8 Å². The molecule has 1 fully saturated rings. The van der Waals surface area contributed by atoms with Crippen LogP contribution in [-0.2, 0) is 6.42 Å². The van der Waals surface area contributed by atoms with Gasteiger partial charge in [0.25, 0.3) is 0 Å². The Balaban J connectivity index is 1.97. The first kappa shape index (κ1) is 11.5. The summed E-state index contributed by atoms with van der Waals surface area (Å²) in [5, 5.41) is 4.71. The van der Waals surface area contributed by atoms with Gasteiger partial charge in [0.05, 0.1) is 12.6 Å². The zero-order valence-electron chi connectivity index (χ0n) is 10.6. The van der Waals surface area contributed by atoms with Crippen LogP contribution in [0.1, 0.15) is 18.4 Å². The minimum Gasteiger partial charge on any atom is -0.481 e. The number of nitrogens with one attached hydrogen (secondary N) is 1. The molecule has 0 spiro atoms. The van der Waals surface area contributed by atoms with Crippen LogP contribution in [0, 0.1) is 0 Å². The third-order valence-corrected chi connectivity index (χ3v) is 3.59. The van der Waals surface area contributed by atoms with Crippen molar-refractivity contribution in [2.45, 2.75) is 25.3 Å². The monoisotopic (exact) mass is 242 g/mol. The van der Waals surface area contributed by atoms with E-state index in [2.05, 4.69) is 22.4 Å². The molecule has 1 atom stereocenters. The van der Waals surface area contributed by atoms with Crippen LogP contribution in [0.15, 0.2) is 30.3 Å². The summed E-state index contributed by atoms with van der Waals surface area (Å²) in [5.74, 6) is 0.766. The molecule has 1 aromatic carbocycles. The van der Waals surface area contributed by atoms with Crippen molar-refractivity contribution in [2.24, 2.45) is 0 Å². The van der Waals surface area contributed by atoms with E-state index in [9.17, 15) is 0 Å². The second kappa shape index (κ2) is 4.94. The normalized spacial score (nSPS) is 19.3. The molecule has 18 heavy (non-hydrogen) atoms. The van der Waals surface area contributed by atoms with E-state index < -0.39 is 0 Å². The third-order valence-electron chi connectivity index (χ3n) is 3.59. The number of fused-ring (bicyclic) bond motifs is 1. The molecule has 2 aromatic rings. The van der Waals surface area contributed by atoms with Crippen LogP contribution in [0.4, 0.5) is 0 Å². The van der Waals surface area contributed by atoms with Crippen LogP contribution in [0.2, 0.25) is 0 Å². The highest BCUT2D eigenvalue weighted by molar-refractivity contribution is 5.80. The summed E-state index contributed by atoms with van der Waals surface area (Å²) in [5.41, 5.74) is 2.20. The second-order valence-corrected chi connectivity index (χ2v) is 4.85. The molecule has 1 aliphatic heterocycles. The Hall–Kier alpha value is -1.61. The summed E-state index contributed by atoms with van der Waals surface area (Å²) in [6.45, 7) is 1.13. The molecule has 1 saturated heterocycles. The molecular weight excluding hydrogens is 224 g/mol. The Morgan fingerprint density at radius 2 is 2.28 bits per heavy atom. The average Bonchev–Trinajstić information content (AvgIpc) is 2.91. The minimum atomic E-state index is 0.571. The van der Waals surface area contributed by atoms with Crippen molar-refractivity contribution in [1.82, 2.24) is 10.3 Å². The van der Waals surface area contributed by atoms with Gasteiger partial charge in [-0.3, -0.25) is 0 Å². The summed E-state index contributed by atoms with van der Waals surface area (Å²) in [6.07, 6.45) is 3.52. The van der Waals surface area contributed by atoms with E-state index in [0.717, 1.165) is 24.4 Å². The van der Waals surface area contributed by atoms with Gasteiger partial charge >= 0.3 is 0 Å². The number of aromatic nitrogens is 1. The number of benzene rings is 1. The number of hydrogen-bond donors (Lipinski definition) is 1. The highest BCUT2D eigenvalue weighted by atomic mass is 16.5. The number of rotatable bonds is 3. The molecule has 1 aliphatic rings. The Labute approximate surface area is 107 Å².